The molecule has 4 heteroatoms. The van der Waals surface area contributed by atoms with Gasteiger partial charge in [-0.3, -0.25) is 4.68 Å². The Morgan fingerprint density at radius 2 is 2.36 bits per heavy atom. The molecule has 1 N–H and O–H groups in total. The van der Waals surface area contributed by atoms with Crippen LogP contribution in [-0.4, -0.2) is 34.4 Å². The van der Waals surface area contributed by atoms with Crippen molar-refractivity contribution in [1.29, 1.82) is 0 Å². The van der Waals surface area contributed by atoms with Crippen molar-refractivity contribution < 1.29 is 0 Å². The Balaban J connectivity index is 1.99. The summed E-state index contributed by atoms with van der Waals surface area (Å²) < 4.78 is 1.85. The van der Waals surface area contributed by atoms with Crippen molar-refractivity contribution in [3.8, 4) is 0 Å². The third kappa shape index (κ3) is 4.67. The monoisotopic (exact) mass is 213 g/mol. The molecule has 1 rings (SSSR count). The van der Waals surface area contributed by atoms with Crippen molar-refractivity contribution in [2.24, 2.45) is 7.05 Å². The van der Waals surface area contributed by atoms with Crippen LogP contribution in [0.4, 0.5) is 0 Å². The van der Waals surface area contributed by atoms with Crippen molar-refractivity contribution in [2.45, 2.75) is 13.3 Å². The topological polar surface area (TPSA) is 29.9 Å². The average Bonchev–Trinajstić information content (AvgIpc) is 2.58. The molecule has 0 aliphatic carbocycles. The zero-order valence-corrected chi connectivity index (χ0v) is 9.81. The molecule has 14 heavy (non-hydrogen) atoms. The van der Waals surface area contributed by atoms with Crippen molar-refractivity contribution in [3.63, 3.8) is 0 Å². The lowest BCUT2D eigenvalue weighted by Gasteiger charge is -2.01. The van der Waals surface area contributed by atoms with Crippen molar-refractivity contribution >= 4 is 11.8 Å². The second-order valence-corrected chi connectivity index (χ2v) is 4.57. The molecule has 0 atom stereocenters. The summed E-state index contributed by atoms with van der Waals surface area (Å²) >= 11 is 1.98. The highest BCUT2D eigenvalue weighted by Gasteiger charge is 1.95. The molecule has 0 saturated heterocycles. The number of nitrogens with one attached hydrogen (secondary N) is 1. The summed E-state index contributed by atoms with van der Waals surface area (Å²) in [6, 6.07) is 2.07. The van der Waals surface area contributed by atoms with E-state index in [4.69, 9.17) is 0 Å². The molecule has 0 amide bonds. The van der Waals surface area contributed by atoms with Crippen LogP contribution in [0.1, 0.15) is 12.6 Å². The maximum absolute atomic E-state index is 4.32. The van der Waals surface area contributed by atoms with E-state index in [1.54, 1.807) is 0 Å². The standard InChI is InChI=1S/C10H19N3S/c1-3-14-9-7-11-6-4-10-5-8-13(2)12-10/h5,8,11H,3-4,6-7,9H2,1-2H3. The maximum atomic E-state index is 4.32. The first-order valence-electron chi connectivity index (χ1n) is 5.10. The van der Waals surface area contributed by atoms with Gasteiger partial charge in [-0.2, -0.15) is 16.9 Å². The third-order valence-corrected chi connectivity index (χ3v) is 2.86. The van der Waals surface area contributed by atoms with Gasteiger partial charge in [-0.15, -0.1) is 0 Å². The summed E-state index contributed by atoms with van der Waals surface area (Å²) in [4.78, 5) is 0. The van der Waals surface area contributed by atoms with Crippen LogP contribution in [0, 0.1) is 0 Å². The molecule has 0 aliphatic heterocycles. The Hall–Kier alpha value is -0.480. The average molecular weight is 213 g/mol. The molecule has 0 fully saturated rings. The van der Waals surface area contributed by atoms with Gasteiger partial charge in [-0.25, -0.2) is 0 Å². The van der Waals surface area contributed by atoms with Gasteiger partial charge in [0.1, 0.15) is 0 Å². The summed E-state index contributed by atoms with van der Waals surface area (Å²) in [7, 11) is 1.95. The Labute approximate surface area is 90.3 Å². The Morgan fingerprint density at radius 3 is 3.00 bits per heavy atom. The molecule has 0 unspecified atom stereocenters. The number of nitrogens with zero attached hydrogens (tertiary/aromatic N) is 2. The first-order valence-corrected chi connectivity index (χ1v) is 6.25. The van der Waals surface area contributed by atoms with E-state index in [2.05, 4.69) is 23.4 Å². The predicted molar refractivity (Wildman–Crippen MR) is 62.8 cm³/mol. The fraction of sp³-hybridized carbons (Fsp3) is 0.700. The Morgan fingerprint density at radius 1 is 1.50 bits per heavy atom. The smallest absolute Gasteiger partial charge is 0.0637 e. The van der Waals surface area contributed by atoms with E-state index in [-0.39, 0.29) is 0 Å². The molecule has 1 aromatic rings. The minimum Gasteiger partial charge on any atom is -0.316 e. The van der Waals surface area contributed by atoms with Crippen LogP contribution in [0.3, 0.4) is 0 Å². The first kappa shape index (κ1) is 11.6. The van der Waals surface area contributed by atoms with Crippen LogP contribution in [0.15, 0.2) is 12.3 Å². The van der Waals surface area contributed by atoms with Gasteiger partial charge in [0.05, 0.1) is 5.69 Å². The van der Waals surface area contributed by atoms with Gasteiger partial charge in [0.2, 0.25) is 0 Å². The molecule has 0 bridgehead atoms. The van der Waals surface area contributed by atoms with Crippen LogP contribution in [0.2, 0.25) is 0 Å². The highest BCUT2D eigenvalue weighted by atomic mass is 32.2. The molecule has 0 aromatic carbocycles. The normalized spacial score (nSPS) is 10.7. The van der Waals surface area contributed by atoms with Crippen molar-refractivity contribution in [2.75, 3.05) is 24.6 Å². The largest absolute Gasteiger partial charge is 0.316 e. The number of rotatable bonds is 7. The minimum atomic E-state index is 1.03. The lowest BCUT2D eigenvalue weighted by molar-refractivity contribution is 0.688. The number of hydrogen-bond donors (Lipinski definition) is 1. The predicted octanol–water partition coefficient (Wildman–Crippen LogP) is 1.31. The van der Waals surface area contributed by atoms with Gasteiger partial charge >= 0.3 is 0 Å². The van der Waals surface area contributed by atoms with E-state index >= 15 is 0 Å². The second kappa shape index (κ2) is 6.90. The minimum absolute atomic E-state index is 1.03. The summed E-state index contributed by atoms with van der Waals surface area (Å²) in [5.74, 6) is 2.42. The second-order valence-electron chi connectivity index (χ2n) is 3.18. The summed E-state index contributed by atoms with van der Waals surface area (Å²) in [5.41, 5.74) is 1.17. The van der Waals surface area contributed by atoms with E-state index < -0.39 is 0 Å². The molecule has 3 nitrogen and oxygen atoms in total. The van der Waals surface area contributed by atoms with Crippen LogP contribution in [0.25, 0.3) is 0 Å². The molecule has 0 spiro atoms. The molecule has 0 aliphatic rings. The van der Waals surface area contributed by atoms with E-state index in [1.165, 1.54) is 17.2 Å². The fourth-order valence-corrected chi connectivity index (χ4v) is 1.80. The zero-order valence-electron chi connectivity index (χ0n) is 8.99. The SMILES string of the molecule is CCSCCNCCc1ccn(C)n1. The van der Waals surface area contributed by atoms with E-state index in [1.807, 2.05) is 29.7 Å². The Bertz CT molecular complexity index is 247. The van der Waals surface area contributed by atoms with Gasteiger partial charge in [-0.05, 0) is 11.8 Å². The van der Waals surface area contributed by atoms with Gasteiger partial charge in [0, 0.05) is 38.5 Å². The van der Waals surface area contributed by atoms with Crippen LogP contribution in [0.5, 0.6) is 0 Å². The van der Waals surface area contributed by atoms with E-state index in [0.29, 0.717) is 0 Å². The Kier molecular flexibility index (Phi) is 5.71. The number of aromatic nitrogens is 2. The number of hydrogen-bond acceptors (Lipinski definition) is 3. The van der Waals surface area contributed by atoms with Crippen LogP contribution >= 0.6 is 11.8 Å². The molecular formula is C10H19N3S. The van der Waals surface area contributed by atoms with Gasteiger partial charge in [-0.1, -0.05) is 6.92 Å². The molecule has 0 radical (unpaired) electrons. The highest BCUT2D eigenvalue weighted by molar-refractivity contribution is 7.99. The number of aryl methyl sites for hydroxylation is 1. The van der Waals surface area contributed by atoms with Crippen LogP contribution < -0.4 is 5.32 Å². The van der Waals surface area contributed by atoms with Gasteiger partial charge in [0.15, 0.2) is 0 Å². The van der Waals surface area contributed by atoms with Crippen molar-refractivity contribution in [1.82, 2.24) is 15.1 Å². The molecule has 0 saturated carbocycles. The molecule has 1 heterocycles. The maximum Gasteiger partial charge on any atom is 0.0637 e. The lowest BCUT2D eigenvalue weighted by Crippen LogP contribution is -2.20. The fourth-order valence-electron chi connectivity index (χ4n) is 1.23. The van der Waals surface area contributed by atoms with E-state index in [0.717, 1.165) is 19.5 Å². The molecular weight excluding hydrogens is 194 g/mol. The molecule has 1 aromatic heterocycles. The van der Waals surface area contributed by atoms with Crippen LogP contribution in [-0.2, 0) is 13.5 Å². The summed E-state index contributed by atoms with van der Waals surface area (Å²) in [6.45, 7) is 4.32. The molecule has 80 valence electrons. The highest BCUT2D eigenvalue weighted by Crippen LogP contribution is 1.96. The summed E-state index contributed by atoms with van der Waals surface area (Å²) in [5, 5.41) is 7.72. The third-order valence-electron chi connectivity index (χ3n) is 1.95. The first-order chi connectivity index (χ1) is 6.83. The summed E-state index contributed by atoms with van der Waals surface area (Å²) in [6.07, 6.45) is 3.01. The van der Waals surface area contributed by atoms with E-state index in [9.17, 15) is 0 Å². The quantitative estimate of drug-likeness (QED) is 0.693. The van der Waals surface area contributed by atoms with Crippen molar-refractivity contribution in [3.05, 3.63) is 18.0 Å². The number of thioether (sulfide) groups is 1. The van der Waals surface area contributed by atoms with Gasteiger partial charge < -0.3 is 5.32 Å². The zero-order chi connectivity index (χ0) is 10.2. The van der Waals surface area contributed by atoms with Gasteiger partial charge in [0.25, 0.3) is 0 Å². The lowest BCUT2D eigenvalue weighted by atomic mass is 10.3.